The van der Waals surface area contributed by atoms with Crippen molar-refractivity contribution >= 4 is 12.0 Å². The van der Waals surface area contributed by atoms with Crippen molar-refractivity contribution < 1.29 is 4.79 Å². The van der Waals surface area contributed by atoms with Crippen molar-refractivity contribution in [1.29, 1.82) is 0 Å². The van der Waals surface area contributed by atoms with Gasteiger partial charge in [-0.2, -0.15) is 0 Å². The van der Waals surface area contributed by atoms with Crippen molar-refractivity contribution in [3.8, 4) is 0 Å². The highest BCUT2D eigenvalue weighted by Gasteiger charge is 2.39. The summed E-state index contributed by atoms with van der Waals surface area (Å²) < 4.78 is 0. The monoisotopic (exact) mass is 215 g/mol. The Bertz CT molecular complexity index is 396. The van der Waals surface area contributed by atoms with Crippen LogP contribution in [-0.2, 0) is 10.2 Å². The first kappa shape index (κ1) is 11.1. The number of carbonyl (C=O) groups is 1. The number of benzene rings is 1. The first-order chi connectivity index (χ1) is 7.79. The molecule has 1 aromatic carbocycles. The van der Waals surface area contributed by atoms with Crippen LogP contribution in [0, 0.1) is 0 Å². The summed E-state index contributed by atoms with van der Waals surface area (Å²) in [6, 6.07) is 10.0. The van der Waals surface area contributed by atoms with Crippen molar-refractivity contribution in [2.45, 2.75) is 31.1 Å². The maximum atomic E-state index is 12.2. The molecule has 0 aliphatic heterocycles. The summed E-state index contributed by atoms with van der Waals surface area (Å²) >= 11 is 0. The van der Waals surface area contributed by atoms with E-state index in [4.69, 9.17) is 0 Å². The third-order valence-electron chi connectivity index (χ3n) is 3.36. The lowest BCUT2D eigenvalue weighted by molar-refractivity contribution is -0.123. The van der Waals surface area contributed by atoms with Gasteiger partial charge in [0.05, 0.1) is 5.41 Å². The maximum Gasteiger partial charge on any atom is 0.148 e. The Labute approximate surface area is 96.4 Å². The topological polar surface area (TPSA) is 29.4 Å². The van der Waals surface area contributed by atoms with Crippen LogP contribution in [0.15, 0.2) is 35.3 Å². The summed E-state index contributed by atoms with van der Waals surface area (Å²) in [6.45, 7) is 0. The highest BCUT2D eigenvalue weighted by Crippen LogP contribution is 2.35. The highest BCUT2D eigenvalue weighted by molar-refractivity contribution is 6.06. The molecular weight excluding hydrogens is 198 g/mol. The molecule has 2 heteroatoms. The predicted molar refractivity (Wildman–Crippen MR) is 66.0 cm³/mol. The van der Waals surface area contributed by atoms with Gasteiger partial charge in [-0.15, -0.1) is 0 Å². The summed E-state index contributed by atoms with van der Waals surface area (Å²) in [7, 11) is 1.74. The normalized spacial score (nSPS) is 26.2. The van der Waals surface area contributed by atoms with E-state index in [2.05, 4.69) is 4.99 Å². The molecule has 0 unspecified atom stereocenters. The third-order valence-corrected chi connectivity index (χ3v) is 3.36. The number of hydrogen-bond acceptors (Lipinski definition) is 2. The first-order valence-corrected chi connectivity index (χ1v) is 5.82. The molecule has 1 aromatic rings. The Hall–Kier alpha value is -1.44. The van der Waals surface area contributed by atoms with Crippen LogP contribution in [0.5, 0.6) is 0 Å². The number of Topliss-reactive ketones (excluding diaryl/α,β-unsaturated/α-hetero) is 1. The molecule has 0 radical (unpaired) electrons. The van der Waals surface area contributed by atoms with E-state index in [0.29, 0.717) is 12.2 Å². The minimum Gasteiger partial charge on any atom is -0.299 e. The van der Waals surface area contributed by atoms with Gasteiger partial charge in [-0.3, -0.25) is 9.79 Å². The lowest BCUT2D eigenvalue weighted by atomic mass is 9.69. The molecule has 0 bridgehead atoms. The van der Waals surface area contributed by atoms with Gasteiger partial charge >= 0.3 is 0 Å². The fourth-order valence-corrected chi connectivity index (χ4v) is 2.52. The zero-order valence-corrected chi connectivity index (χ0v) is 9.65. The largest absolute Gasteiger partial charge is 0.299 e. The van der Waals surface area contributed by atoms with Crippen LogP contribution >= 0.6 is 0 Å². The van der Waals surface area contributed by atoms with E-state index in [1.54, 1.807) is 7.05 Å². The fraction of sp³-hybridized carbons (Fsp3) is 0.429. The highest BCUT2D eigenvalue weighted by atomic mass is 16.1. The quantitative estimate of drug-likeness (QED) is 0.697. The van der Waals surface area contributed by atoms with Gasteiger partial charge in [0.25, 0.3) is 0 Å². The van der Waals surface area contributed by atoms with Gasteiger partial charge in [-0.1, -0.05) is 36.8 Å². The van der Waals surface area contributed by atoms with Crippen LogP contribution in [-0.4, -0.2) is 19.0 Å². The molecule has 0 spiro atoms. The van der Waals surface area contributed by atoms with Gasteiger partial charge in [0.1, 0.15) is 5.78 Å². The molecule has 1 fully saturated rings. The third kappa shape index (κ3) is 1.80. The lowest BCUT2D eigenvalue weighted by Crippen LogP contribution is -2.40. The van der Waals surface area contributed by atoms with Gasteiger partial charge in [0, 0.05) is 19.7 Å². The fourth-order valence-electron chi connectivity index (χ4n) is 2.52. The molecule has 84 valence electrons. The van der Waals surface area contributed by atoms with Crippen molar-refractivity contribution in [3.63, 3.8) is 0 Å². The van der Waals surface area contributed by atoms with E-state index in [1.165, 1.54) is 0 Å². The molecular formula is C14H17NO. The van der Waals surface area contributed by atoms with Crippen LogP contribution in [0.4, 0.5) is 0 Å². The predicted octanol–water partition coefficient (Wildman–Crippen LogP) is 2.77. The number of aliphatic imine (C=N–C) groups is 1. The van der Waals surface area contributed by atoms with E-state index in [-0.39, 0.29) is 0 Å². The molecule has 2 nitrogen and oxygen atoms in total. The molecule has 0 N–H and O–H groups in total. The Morgan fingerprint density at radius 3 is 2.62 bits per heavy atom. The minimum absolute atomic E-state index is 0.315. The summed E-state index contributed by atoms with van der Waals surface area (Å²) in [5.74, 6) is 0.315. The van der Waals surface area contributed by atoms with Crippen LogP contribution in [0.25, 0.3) is 0 Å². The number of carbonyl (C=O) groups excluding carboxylic acids is 1. The van der Waals surface area contributed by atoms with Crippen LogP contribution in [0.3, 0.4) is 0 Å². The lowest BCUT2D eigenvalue weighted by Gasteiger charge is -2.32. The molecule has 1 aliphatic carbocycles. The zero-order chi connectivity index (χ0) is 11.4. The molecule has 1 aliphatic rings. The molecule has 16 heavy (non-hydrogen) atoms. The van der Waals surface area contributed by atoms with Crippen molar-refractivity contribution in [2.75, 3.05) is 7.05 Å². The molecule has 1 saturated carbocycles. The summed E-state index contributed by atoms with van der Waals surface area (Å²) in [5, 5.41) is 0. The second kappa shape index (κ2) is 4.60. The molecule has 1 atom stereocenters. The van der Waals surface area contributed by atoms with Gasteiger partial charge in [-0.25, -0.2) is 0 Å². The summed E-state index contributed by atoms with van der Waals surface area (Å²) in [5.41, 5.74) is 0.638. The second-order valence-electron chi connectivity index (χ2n) is 4.35. The smallest absolute Gasteiger partial charge is 0.148 e. The zero-order valence-electron chi connectivity index (χ0n) is 9.65. The van der Waals surface area contributed by atoms with E-state index in [0.717, 1.165) is 24.8 Å². The minimum atomic E-state index is -0.450. The van der Waals surface area contributed by atoms with E-state index >= 15 is 0 Å². The van der Waals surface area contributed by atoms with Crippen LogP contribution < -0.4 is 0 Å². The Morgan fingerprint density at radius 1 is 1.25 bits per heavy atom. The number of hydrogen-bond donors (Lipinski definition) is 0. The van der Waals surface area contributed by atoms with E-state index in [9.17, 15) is 4.79 Å². The second-order valence-corrected chi connectivity index (χ2v) is 4.35. The first-order valence-electron chi connectivity index (χ1n) is 5.82. The van der Waals surface area contributed by atoms with Crippen LogP contribution in [0.1, 0.15) is 31.2 Å². The molecule has 0 saturated heterocycles. The maximum absolute atomic E-state index is 12.2. The number of ketones is 1. The molecule has 0 amide bonds. The van der Waals surface area contributed by atoms with Crippen LogP contribution in [0.2, 0.25) is 0 Å². The number of rotatable bonds is 2. The Morgan fingerprint density at radius 2 is 2.00 bits per heavy atom. The van der Waals surface area contributed by atoms with Gasteiger partial charge in [0.2, 0.25) is 0 Å². The average molecular weight is 215 g/mol. The molecule has 0 aromatic heterocycles. The number of nitrogens with zero attached hydrogens (tertiary/aromatic N) is 1. The average Bonchev–Trinajstić information content (AvgIpc) is 2.34. The summed E-state index contributed by atoms with van der Waals surface area (Å²) in [6.07, 6.45) is 5.54. The SMILES string of the molecule is C/N=C\[C@]1(c2ccccc2)CCCCC1=O. The Balaban J connectivity index is 2.46. The standard InChI is InChI=1S/C14H17NO/c1-15-11-14(10-6-5-9-13(14)16)12-7-3-2-4-8-12/h2-4,7-8,11H,5-6,9-10H2,1H3/b15-11-/t14-/m0/s1. The van der Waals surface area contributed by atoms with Gasteiger partial charge < -0.3 is 0 Å². The van der Waals surface area contributed by atoms with Gasteiger partial charge in [-0.05, 0) is 18.4 Å². The Kier molecular flexibility index (Phi) is 3.18. The molecule has 0 heterocycles. The summed E-state index contributed by atoms with van der Waals surface area (Å²) in [4.78, 5) is 16.3. The van der Waals surface area contributed by atoms with Crippen molar-refractivity contribution in [1.82, 2.24) is 0 Å². The molecule has 2 rings (SSSR count). The van der Waals surface area contributed by atoms with Gasteiger partial charge in [0.15, 0.2) is 0 Å². The van der Waals surface area contributed by atoms with Crippen molar-refractivity contribution in [2.24, 2.45) is 4.99 Å². The van der Waals surface area contributed by atoms with E-state index in [1.807, 2.05) is 36.5 Å². The van der Waals surface area contributed by atoms with E-state index < -0.39 is 5.41 Å². The van der Waals surface area contributed by atoms with Crippen molar-refractivity contribution in [3.05, 3.63) is 35.9 Å².